The topological polar surface area (TPSA) is 55.4 Å². The lowest BCUT2D eigenvalue weighted by atomic mass is 10.2. The van der Waals surface area contributed by atoms with Crippen molar-refractivity contribution in [1.82, 2.24) is 0 Å². The second-order valence-electron chi connectivity index (χ2n) is 5.73. The molecule has 0 aliphatic heterocycles. The van der Waals surface area contributed by atoms with Gasteiger partial charge in [-0.15, -0.1) is 0 Å². The minimum Gasteiger partial charge on any atom is -0.493 e. The minimum atomic E-state index is -5.06. The van der Waals surface area contributed by atoms with Crippen molar-refractivity contribution in [3.05, 3.63) is 53.4 Å². The summed E-state index contributed by atoms with van der Waals surface area (Å²) >= 11 is 0. The molecule has 26 heavy (non-hydrogen) atoms. The molecule has 4 nitrogen and oxygen atoms in total. The molecule has 142 valence electrons. The fourth-order valence-electron chi connectivity index (χ4n) is 1.91. The molecule has 0 saturated heterocycles. The molecule has 0 atom stereocenters. The summed E-state index contributed by atoms with van der Waals surface area (Å²) in [5.74, 6) is -11.3. The third-order valence-corrected chi connectivity index (χ3v) is 4.53. The predicted octanol–water partition coefficient (Wildman–Crippen LogP) is 4.22. The molecule has 0 unspecified atom stereocenters. The van der Waals surface area contributed by atoms with Gasteiger partial charge >= 0.3 is 0 Å². The first kappa shape index (κ1) is 20.0. The monoisotopic (exact) mass is 395 g/mol. The first-order valence-corrected chi connectivity index (χ1v) is 8.80. The number of nitrogens with one attached hydrogen (secondary N) is 1. The van der Waals surface area contributed by atoms with Crippen LogP contribution < -0.4 is 9.46 Å². The van der Waals surface area contributed by atoms with Gasteiger partial charge in [0.2, 0.25) is 5.82 Å². The third-order valence-electron chi connectivity index (χ3n) is 3.13. The number of hydrogen-bond acceptors (Lipinski definition) is 3. The summed E-state index contributed by atoms with van der Waals surface area (Å²) in [4.78, 5) is -1.95. The summed E-state index contributed by atoms with van der Waals surface area (Å²) in [5, 5.41) is 0. The van der Waals surface area contributed by atoms with Gasteiger partial charge in [-0.05, 0) is 30.2 Å². The van der Waals surface area contributed by atoms with Crippen molar-refractivity contribution in [2.24, 2.45) is 5.92 Å². The first-order chi connectivity index (χ1) is 12.0. The number of hydrogen-bond donors (Lipinski definition) is 1. The quantitative estimate of drug-likeness (QED) is 0.453. The fraction of sp³-hybridized carbons (Fsp3) is 0.250. The van der Waals surface area contributed by atoms with Gasteiger partial charge in [-0.3, -0.25) is 4.72 Å². The Morgan fingerprint density at radius 1 is 0.885 bits per heavy atom. The lowest BCUT2D eigenvalue weighted by molar-refractivity contribution is 0.271. The maximum Gasteiger partial charge on any atom is 0.267 e. The van der Waals surface area contributed by atoms with Crippen molar-refractivity contribution in [3.8, 4) is 5.75 Å². The van der Waals surface area contributed by atoms with Crippen LogP contribution in [0.15, 0.2) is 29.2 Å². The standard InChI is InChI=1S/C16H14F5NO3S/c1-8(2)7-25-10-5-3-9(4-6-10)22-26(23,24)16-14(20)12(18)11(17)13(19)15(16)21/h3-6,8,22H,7H2,1-2H3. The van der Waals surface area contributed by atoms with Crippen molar-refractivity contribution < 1.29 is 35.1 Å². The van der Waals surface area contributed by atoms with Crippen LogP contribution in [0, 0.1) is 35.0 Å². The predicted molar refractivity (Wildman–Crippen MR) is 83.8 cm³/mol. The van der Waals surface area contributed by atoms with Crippen molar-refractivity contribution in [1.29, 1.82) is 0 Å². The van der Waals surface area contributed by atoms with E-state index in [1.807, 2.05) is 13.8 Å². The Morgan fingerprint density at radius 3 is 1.81 bits per heavy atom. The van der Waals surface area contributed by atoms with Crippen LogP contribution in [-0.4, -0.2) is 15.0 Å². The minimum absolute atomic E-state index is 0.147. The van der Waals surface area contributed by atoms with Crippen LogP contribution in [0.2, 0.25) is 0 Å². The Labute approximate surface area is 146 Å². The molecule has 0 amide bonds. The molecule has 0 bridgehead atoms. The van der Waals surface area contributed by atoms with Crippen LogP contribution >= 0.6 is 0 Å². The maximum atomic E-state index is 13.7. The smallest absolute Gasteiger partial charge is 0.267 e. The number of rotatable bonds is 6. The maximum absolute atomic E-state index is 13.7. The van der Waals surface area contributed by atoms with Gasteiger partial charge in [0, 0.05) is 5.69 Å². The number of halogens is 5. The van der Waals surface area contributed by atoms with Crippen molar-refractivity contribution in [3.63, 3.8) is 0 Å². The molecule has 0 aromatic heterocycles. The Kier molecular flexibility index (Phi) is 5.74. The van der Waals surface area contributed by atoms with E-state index >= 15 is 0 Å². The largest absolute Gasteiger partial charge is 0.493 e. The zero-order chi connectivity index (χ0) is 19.6. The van der Waals surface area contributed by atoms with Gasteiger partial charge in [-0.1, -0.05) is 13.8 Å². The molecular weight excluding hydrogens is 381 g/mol. The summed E-state index contributed by atoms with van der Waals surface area (Å²) in [6.45, 7) is 4.26. The Bertz CT molecular complexity index is 885. The SMILES string of the molecule is CC(C)COc1ccc(NS(=O)(=O)c2c(F)c(F)c(F)c(F)c2F)cc1. The number of sulfonamides is 1. The first-order valence-electron chi connectivity index (χ1n) is 7.31. The number of benzene rings is 2. The molecule has 10 heteroatoms. The molecule has 2 aromatic rings. The fourth-order valence-corrected chi connectivity index (χ4v) is 3.11. The van der Waals surface area contributed by atoms with Crippen LogP contribution in [0.3, 0.4) is 0 Å². The highest BCUT2D eigenvalue weighted by Crippen LogP contribution is 2.28. The zero-order valence-corrected chi connectivity index (χ0v) is 14.4. The molecule has 0 spiro atoms. The van der Waals surface area contributed by atoms with E-state index in [1.54, 1.807) is 4.72 Å². The van der Waals surface area contributed by atoms with Gasteiger partial charge in [-0.2, -0.15) is 0 Å². The van der Waals surface area contributed by atoms with Crippen molar-refractivity contribution >= 4 is 15.7 Å². The van der Waals surface area contributed by atoms with E-state index in [-0.39, 0.29) is 11.6 Å². The molecule has 0 aliphatic rings. The highest BCUT2D eigenvalue weighted by Gasteiger charge is 2.33. The molecule has 2 aromatic carbocycles. The van der Waals surface area contributed by atoms with E-state index in [0.29, 0.717) is 12.4 Å². The van der Waals surface area contributed by atoms with Crippen LogP contribution in [0.4, 0.5) is 27.6 Å². The van der Waals surface area contributed by atoms with Gasteiger partial charge in [0.15, 0.2) is 28.2 Å². The molecule has 0 saturated carbocycles. The molecular formula is C16H14F5NO3S. The lowest BCUT2D eigenvalue weighted by Crippen LogP contribution is -2.19. The van der Waals surface area contributed by atoms with Crippen molar-refractivity contribution in [2.45, 2.75) is 18.7 Å². The highest BCUT2D eigenvalue weighted by molar-refractivity contribution is 7.92. The van der Waals surface area contributed by atoms with E-state index in [2.05, 4.69) is 0 Å². The van der Waals surface area contributed by atoms with Gasteiger partial charge in [0.1, 0.15) is 5.75 Å². The Morgan fingerprint density at radius 2 is 1.35 bits per heavy atom. The average Bonchev–Trinajstić information content (AvgIpc) is 2.57. The third kappa shape index (κ3) is 4.06. The molecule has 0 radical (unpaired) electrons. The molecule has 0 heterocycles. The lowest BCUT2D eigenvalue weighted by Gasteiger charge is -2.12. The molecule has 2 rings (SSSR count). The normalized spacial score (nSPS) is 11.7. The second kappa shape index (κ2) is 7.48. The van der Waals surface area contributed by atoms with Crippen molar-refractivity contribution in [2.75, 3.05) is 11.3 Å². The highest BCUT2D eigenvalue weighted by atomic mass is 32.2. The number of anilines is 1. The molecule has 0 aliphatic carbocycles. The summed E-state index contributed by atoms with van der Waals surface area (Å²) in [7, 11) is -5.06. The van der Waals surface area contributed by atoms with Gasteiger partial charge in [0.05, 0.1) is 6.61 Å². The zero-order valence-electron chi connectivity index (χ0n) is 13.6. The van der Waals surface area contributed by atoms with Crippen LogP contribution in [0.25, 0.3) is 0 Å². The Hall–Kier alpha value is -2.36. The molecule has 0 fully saturated rings. The van der Waals surface area contributed by atoms with E-state index < -0.39 is 44.0 Å². The van der Waals surface area contributed by atoms with E-state index in [1.165, 1.54) is 24.3 Å². The van der Waals surface area contributed by atoms with Crippen LogP contribution in [0.1, 0.15) is 13.8 Å². The summed E-state index contributed by atoms with van der Waals surface area (Å²) < 4.78 is 98.1. The number of ether oxygens (including phenoxy) is 1. The van der Waals surface area contributed by atoms with Gasteiger partial charge < -0.3 is 4.74 Å². The Balaban J connectivity index is 2.33. The van der Waals surface area contributed by atoms with E-state index in [0.717, 1.165) is 0 Å². The van der Waals surface area contributed by atoms with E-state index in [4.69, 9.17) is 4.74 Å². The summed E-state index contributed by atoms with van der Waals surface area (Å²) in [5.41, 5.74) is -0.147. The molecule has 1 N–H and O–H groups in total. The summed E-state index contributed by atoms with van der Waals surface area (Å²) in [6.07, 6.45) is 0. The average molecular weight is 395 g/mol. The van der Waals surface area contributed by atoms with E-state index in [9.17, 15) is 30.4 Å². The van der Waals surface area contributed by atoms with Gasteiger partial charge in [-0.25, -0.2) is 30.4 Å². The summed E-state index contributed by atoms with van der Waals surface area (Å²) in [6, 6.07) is 5.22. The van der Waals surface area contributed by atoms with Gasteiger partial charge in [0.25, 0.3) is 10.0 Å². The van der Waals surface area contributed by atoms with Crippen LogP contribution in [-0.2, 0) is 10.0 Å². The van der Waals surface area contributed by atoms with Crippen LogP contribution in [0.5, 0.6) is 5.75 Å². The second-order valence-corrected chi connectivity index (χ2v) is 7.35.